The normalized spacial score (nSPS) is 22.6. The summed E-state index contributed by atoms with van der Waals surface area (Å²) in [4.78, 5) is 0. The number of fused-ring (bicyclic) bond motifs is 2. The Morgan fingerprint density at radius 3 is 1.88 bits per heavy atom. The van der Waals surface area contributed by atoms with Gasteiger partial charge in [-0.3, -0.25) is 0 Å². The zero-order valence-corrected chi connectivity index (χ0v) is 21.9. The van der Waals surface area contributed by atoms with Crippen LogP contribution >= 0.6 is 0 Å². The van der Waals surface area contributed by atoms with Crippen molar-refractivity contribution >= 4 is 0 Å². The number of ether oxygens (including phenoxy) is 2. The number of hydrogen-bond acceptors (Lipinski definition) is 13. The van der Waals surface area contributed by atoms with E-state index in [9.17, 15) is 56.2 Å². The molecule has 13 nitrogen and oxygen atoms in total. The third-order valence-corrected chi connectivity index (χ3v) is 7.77. The number of aromatic hydroxyl groups is 9. The molecule has 0 unspecified atom stereocenters. The highest BCUT2D eigenvalue weighted by atomic mass is 16.5. The number of benzene rings is 4. The lowest BCUT2D eigenvalue weighted by Crippen LogP contribution is -2.36. The Bertz CT molecular complexity index is 1750. The first-order chi connectivity index (χ1) is 20.3. The summed E-state index contributed by atoms with van der Waals surface area (Å²) in [5.74, 6) is -6.87. The molecule has 6 rings (SSSR count). The van der Waals surface area contributed by atoms with Gasteiger partial charge in [0.2, 0.25) is 0 Å². The van der Waals surface area contributed by atoms with Crippen molar-refractivity contribution in [1.82, 2.24) is 0 Å². The van der Waals surface area contributed by atoms with Crippen molar-refractivity contribution in [2.75, 3.05) is 0 Å². The Morgan fingerprint density at radius 2 is 1.21 bits per heavy atom. The molecular weight excluding hydrogens is 568 g/mol. The molecular formula is C30H26O13. The quantitative estimate of drug-likeness (QED) is 0.153. The van der Waals surface area contributed by atoms with Gasteiger partial charge in [-0.1, -0.05) is 6.07 Å². The first kappa shape index (κ1) is 27.8. The second kappa shape index (κ2) is 9.86. The third kappa shape index (κ3) is 4.42. The van der Waals surface area contributed by atoms with Gasteiger partial charge in [-0.2, -0.15) is 0 Å². The minimum Gasteiger partial charge on any atom is -0.508 e. The molecule has 0 spiro atoms. The van der Waals surface area contributed by atoms with Crippen molar-refractivity contribution in [3.8, 4) is 63.2 Å². The van der Waals surface area contributed by atoms with Crippen LogP contribution in [-0.2, 0) is 6.42 Å². The highest BCUT2D eigenvalue weighted by Gasteiger charge is 2.46. The standard InChI is InChI=1S/C30H26O13/c31-12-6-17(35)23-22(7-12)42-29(11-4-19(37)26(40)20(38)5-11)27(41)25(23)24-18(36)9-15(33)13-8-21(39)28(43-30(13)24)10-1-2-14(32)16(34)3-10/h1-7,9,21,25,27-29,31-41H,8H2/t21-,25+,27-,28-,29-/m0/s1. The fraction of sp³-hybridized carbons (Fsp3) is 0.200. The smallest absolute Gasteiger partial charge is 0.200 e. The maximum absolute atomic E-state index is 11.8. The van der Waals surface area contributed by atoms with E-state index < -0.39 is 82.1 Å². The summed E-state index contributed by atoms with van der Waals surface area (Å²) >= 11 is 0. The summed E-state index contributed by atoms with van der Waals surface area (Å²) in [5.41, 5.74) is 0.0126. The van der Waals surface area contributed by atoms with Gasteiger partial charge >= 0.3 is 0 Å². The molecule has 0 bridgehead atoms. The van der Waals surface area contributed by atoms with Gasteiger partial charge in [-0.15, -0.1) is 0 Å². The van der Waals surface area contributed by atoms with Crippen molar-refractivity contribution < 1.29 is 65.6 Å². The Kier molecular flexibility index (Phi) is 6.36. The number of rotatable bonds is 3. The van der Waals surface area contributed by atoms with Gasteiger partial charge in [-0.25, -0.2) is 0 Å². The van der Waals surface area contributed by atoms with Crippen molar-refractivity contribution in [2.45, 2.75) is 36.8 Å². The highest BCUT2D eigenvalue weighted by molar-refractivity contribution is 5.66. The lowest BCUT2D eigenvalue weighted by molar-refractivity contribution is 0.00108. The fourth-order valence-corrected chi connectivity index (χ4v) is 5.78. The van der Waals surface area contributed by atoms with E-state index in [0.717, 1.165) is 30.3 Å². The molecule has 0 radical (unpaired) electrons. The summed E-state index contributed by atoms with van der Waals surface area (Å²) < 4.78 is 12.0. The SMILES string of the molecule is Oc1cc(O)c2c(c1)O[C@@H](c1cc(O)c(O)c(O)c1)[C@@H](O)[C@H]2c1c(O)cc(O)c2c1O[C@@H](c1ccc(O)c(O)c1)[C@@H](O)C2. The lowest BCUT2D eigenvalue weighted by atomic mass is 9.77. The van der Waals surface area contributed by atoms with Crippen molar-refractivity contribution in [3.63, 3.8) is 0 Å². The average molecular weight is 595 g/mol. The first-order valence-electron chi connectivity index (χ1n) is 12.9. The number of aliphatic hydroxyl groups excluding tert-OH is 2. The molecule has 0 saturated carbocycles. The average Bonchev–Trinajstić information content (AvgIpc) is 2.94. The van der Waals surface area contributed by atoms with E-state index in [2.05, 4.69) is 0 Å². The Morgan fingerprint density at radius 1 is 0.558 bits per heavy atom. The summed E-state index contributed by atoms with van der Waals surface area (Å²) in [7, 11) is 0. The largest absolute Gasteiger partial charge is 0.508 e. The van der Waals surface area contributed by atoms with E-state index in [-0.39, 0.29) is 45.7 Å². The van der Waals surface area contributed by atoms with Crippen LogP contribution in [0.5, 0.6) is 63.2 Å². The number of phenolic OH excluding ortho intramolecular Hbond substituents is 9. The maximum Gasteiger partial charge on any atom is 0.200 e. The molecule has 11 N–H and O–H groups in total. The summed E-state index contributed by atoms with van der Waals surface area (Å²) in [6, 6.07) is 8.90. The Balaban J connectivity index is 1.56. The molecule has 0 amide bonds. The summed E-state index contributed by atoms with van der Waals surface area (Å²) in [6.07, 6.45) is -5.81. The Labute approximate surface area is 242 Å². The molecule has 2 aliphatic rings. The molecule has 0 saturated heterocycles. The second-order valence-electron chi connectivity index (χ2n) is 10.5. The van der Waals surface area contributed by atoms with E-state index in [0.29, 0.717) is 0 Å². The van der Waals surface area contributed by atoms with Gasteiger partial charge in [0, 0.05) is 46.9 Å². The summed E-state index contributed by atoms with van der Waals surface area (Å²) in [5, 5.41) is 116. The van der Waals surface area contributed by atoms with Crippen LogP contribution in [-0.4, -0.2) is 68.4 Å². The van der Waals surface area contributed by atoms with E-state index >= 15 is 0 Å². The van der Waals surface area contributed by atoms with Crippen LogP contribution in [0.2, 0.25) is 0 Å². The molecule has 224 valence electrons. The zero-order chi connectivity index (χ0) is 30.9. The molecule has 43 heavy (non-hydrogen) atoms. The lowest BCUT2D eigenvalue weighted by Gasteiger charge is -2.40. The molecule has 2 aliphatic heterocycles. The number of phenols is 9. The van der Waals surface area contributed by atoms with Crippen LogP contribution in [0.1, 0.15) is 45.9 Å². The minimum absolute atomic E-state index is 0.0281. The van der Waals surface area contributed by atoms with E-state index in [4.69, 9.17) is 9.47 Å². The maximum atomic E-state index is 11.8. The van der Waals surface area contributed by atoms with Crippen molar-refractivity contribution in [1.29, 1.82) is 0 Å². The molecule has 0 fully saturated rings. The van der Waals surface area contributed by atoms with Gasteiger partial charge in [-0.05, 0) is 29.8 Å². The van der Waals surface area contributed by atoms with Crippen LogP contribution in [0.25, 0.3) is 0 Å². The molecule has 0 aromatic heterocycles. The van der Waals surface area contributed by atoms with Crippen molar-refractivity contribution in [2.24, 2.45) is 0 Å². The van der Waals surface area contributed by atoms with Crippen LogP contribution in [0.4, 0.5) is 0 Å². The molecule has 4 aromatic carbocycles. The van der Waals surface area contributed by atoms with Crippen LogP contribution in [0.3, 0.4) is 0 Å². The molecule has 5 atom stereocenters. The second-order valence-corrected chi connectivity index (χ2v) is 10.5. The van der Waals surface area contributed by atoms with Crippen LogP contribution in [0, 0.1) is 0 Å². The molecule has 13 heteroatoms. The molecule has 0 aliphatic carbocycles. The minimum atomic E-state index is -1.71. The van der Waals surface area contributed by atoms with E-state index in [1.807, 2.05) is 0 Å². The summed E-state index contributed by atoms with van der Waals surface area (Å²) in [6.45, 7) is 0. The molecule has 2 heterocycles. The number of hydrogen-bond donors (Lipinski definition) is 11. The van der Waals surface area contributed by atoms with Gasteiger partial charge < -0.3 is 65.6 Å². The first-order valence-corrected chi connectivity index (χ1v) is 12.9. The van der Waals surface area contributed by atoms with Gasteiger partial charge in [0.05, 0.1) is 12.0 Å². The monoisotopic (exact) mass is 594 g/mol. The predicted molar refractivity (Wildman–Crippen MR) is 145 cm³/mol. The third-order valence-electron chi connectivity index (χ3n) is 7.77. The fourth-order valence-electron chi connectivity index (χ4n) is 5.78. The molecule has 4 aromatic rings. The van der Waals surface area contributed by atoms with Gasteiger partial charge in [0.25, 0.3) is 0 Å². The Hall–Kier alpha value is -5.40. The topological polar surface area (TPSA) is 241 Å². The van der Waals surface area contributed by atoms with Gasteiger partial charge in [0.15, 0.2) is 34.9 Å². The van der Waals surface area contributed by atoms with Gasteiger partial charge in [0.1, 0.15) is 46.7 Å². The highest BCUT2D eigenvalue weighted by Crippen LogP contribution is 2.57. The van der Waals surface area contributed by atoms with Crippen LogP contribution in [0.15, 0.2) is 48.5 Å². The van der Waals surface area contributed by atoms with E-state index in [1.165, 1.54) is 18.2 Å². The predicted octanol–water partition coefficient (Wildman–Crippen LogP) is 2.70. The van der Waals surface area contributed by atoms with E-state index in [1.54, 1.807) is 0 Å². The van der Waals surface area contributed by atoms with Crippen molar-refractivity contribution in [3.05, 3.63) is 76.3 Å². The number of aliphatic hydroxyl groups is 2. The van der Waals surface area contributed by atoms with Crippen LogP contribution < -0.4 is 9.47 Å². The zero-order valence-electron chi connectivity index (χ0n) is 21.9.